The Kier molecular flexibility index (Phi) is 5.74. The minimum atomic E-state index is -0.861. The van der Waals surface area contributed by atoms with Crippen LogP contribution in [0.4, 0.5) is 4.79 Å². The molecule has 1 aromatic heterocycles. The zero-order chi connectivity index (χ0) is 14.7. The van der Waals surface area contributed by atoms with Crippen LogP contribution in [-0.4, -0.2) is 40.8 Å². The number of carboxylic acid groups (broad SMARTS) is 1. The average Bonchev–Trinajstić information content (AvgIpc) is 2.41. The van der Waals surface area contributed by atoms with E-state index in [1.54, 1.807) is 6.07 Å². The Labute approximate surface area is 143 Å². The first-order valence-corrected chi connectivity index (χ1v) is 8.34. The normalized spacial score (nSPS) is 18.9. The zero-order valence-corrected chi connectivity index (χ0v) is 15.0. The number of hydrogen-bond acceptors (Lipinski definition) is 3. The van der Waals surface area contributed by atoms with E-state index in [-0.39, 0.29) is 5.92 Å². The molecule has 0 saturated carbocycles. The molecule has 0 bridgehead atoms. The fourth-order valence-corrected chi connectivity index (χ4v) is 3.24. The lowest BCUT2D eigenvalue weighted by Crippen LogP contribution is -2.40. The topological polar surface area (TPSA) is 62.7 Å². The summed E-state index contributed by atoms with van der Waals surface area (Å²) in [7, 11) is 0. The van der Waals surface area contributed by atoms with Crippen molar-refractivity contribution >= 4 is 56.2 Å². The van der Waals surface area contributed by atoms with Gasteiger partial charge in [0, 0.05) is 25.1 Å². The van der Waals surface area contributed by atoms with Crippen molar-refractivity contribution in [2.75, 3.05) is 19.7 Å². The van der Waals surface area contributed by atoms with Gasteiger partial charge in [0.1, 0.15) is 8.85 Å². The van der Waals surface area contributed by atoms with Crippen LogP contribution < -0.4 is 4.74 Å². The first-order chi connectivity index (χ1) is 9.47. The molecule has 0 aromatic carbocycles. The fourth-order valence-electron chi connectivity index (χ4n) is 2.11. The second-order valence-corrected chi connectivity index (χ2v) is 6.83. The zero-order valence-electron chi connectivity index (χ0n) is 10.5. The molecule has 8 heteroatoms. The lowest BCUT2D eigenvalue weighted by Gasteiger charge is -2.30. The number of pyridine rings is 1. The molecule has 1 aliphatic heterocycles. The fraction of sp³-hybridized carbons (Fsp3) is 0.500. The van der Waals surface area contributed by atoms with Gasteiger partial charge in [-0.1, -0.05) is 11.6 Å². The first kappa shape index (κ1) is 16.1. The van der Waals surface area contributed by atoms with Gasteiger partial charge in [-0.05, 0) is 51.4 Å². The van der Waals surface area contributed by atoms with Crippen molar-refractivity contribution in [3.05, 3.63) is 19.4 Å². The molecule has 0 aliphatic carbocycles. The van der Waals surface area contributed by atoms with Crippen LogP contribution >= 0.6 is 50.1 Å². The first-order valence-electron chi connectivity index (χ1n) is 6.09. The van der Waals surface area contributed by atoms with Crippen molar-refractivity contribution in [2.45, 2.75) is 12.8 Å². The molecule has 1 aromatic rings. The van der Waals surface area contributed by atoms with Gasteiger partial charge in [-0.25, -0.2) is 9.78 Å². The van der Waals surface area contributed by atoms with Gasteiger partial charge in [0.05, 0.1) is 11.1 Å². The van der Waals surface area contributed by atoms with E-state index in [2.05, 4.69) is 43.5 Å². The quantitative estimate of drug-likeness (QED) is 0.533. The summed E-state index contributed by atoms with van der Waals surface area (Å²) >= 11 is 11.3. The number of rotatable bonds is 3. The predicted octanol–water partition coefficient (Wildman–Crippen LogP) is 3.87. The number of piperidine rings is 1. The van der Waals surface area contributed by atoms with Crippen LogP contribution in [0.2, 0.25) is 5.15 Å². The smallest absolute Gasteiger partial charge is 0.407 e. The van der Waals surface area contributed by atoms with Crippen molar-refractivity contribution < 1.29 is 14.6 Å². The Balaban J connectivity index is 1.95. The van der Waals surface area contributed by atoms with E-state index in [0.717, 1.165) is 12.8 Å². The van der Waals surface area contributed by atoms with E-state index in [9.17, 15) is 4.79 Å². The Morgan fingerprint density at radius 2 is 2.45 bits per heavy atom. The molecule has 1 fully saturated rings. The molecule has 0 unspecified atom stereocenters. The molecule has 2 heterocycles. The van der Waals surface area contributed by atoms with Crippen LogP contribution in [-0.2, 0) is 0 Å². The van der Waals surface area contributed by atoms with Crippen LogP contribution in [0.5, 0.6) is 5.75 Å². The third-order valence-corrected chi connectivity index (χ3v) is 5.01. The van der Waals surface area contributed by atoms with Gasteiger partial charge in [0.2, 0.25) is 0 Å². The van der Waals surface area contributed by atoms with Crippen molar-refractivity contribution in [3.63, 3.8) is 0 Å². The van der Waals surface area contributed by atoms with Crippen LogP contribution in [0, 0.1) is 9.62 Å². The number of hydrogen-bond donors (Lipinski definition) is 1. The molecule has 20 heavy (non-hydrogen) atoms. The van der Waals surface area contributed by atoms with E-state index >= 15 is 0 Å². The third-order valence-electron chi connectivity index (χ3n) is 3.12. The highest BCUT2D eigenvalue weighted by molar-refractivity contribution is 14.1. The summed E-state index contributed by atoms with van der Waals surface area (Å²) in [6, 6.07) is 1.79. The van der Waals surface area contributed by atoms with Crippen molar-refractivity contribution in [1.82, 2.24) is 9.88 Å². The van der Waals surface area contributed by atoms with Gasteiger partial charge in [0.15, 0.2) is 5.75 Å². The Morgan fingerprint density at radius 3 is 3.15 bits per heavy atom. The summed E-state index contributed by atoms with van der Waals surface area (Å²) in [6.07, 6.45) is 0.989. The number of amides is 1. The minimum absolute atomic E-state index is 0.213. The maximum Gasteiger partial charge on any atom is 0.407 e. The third kappa shape index (κ3) is 4.11. The van der Waals surface area contributed by atoms with Crippen molar-refractivity contribution in [3.8, 4) is 5.75 Å². The number of likely N-dealkylation sites (tertiary alicyclic amines) is 1. The summed E-state index contributed by atoms with van der Waals surface area (Å²) in [6.45, 7) is 1.61. The Morgan fingerprint density at radius 1 is 1.70 bits per heavy atom. The van der Waals surface area contributed by atoms with Gasteiger partial charge < -0.3 is 14.7 Å². The highest BCUT2D eigenvalue weighted by Crippen LogP contribution is 2.29. The molecule has 0 spiro atoms. The Bertz CT molecular complexity index is 518. The highest BCUT2D eigenvalue weighted by atomic mass is 127. The van der Waals surface area contributed by atoms with Gasteiger partial charge in [0.25, 0.3) is 0 Å². The van der Waals surface area contributed by atoms with E-state index in [1.165, 1.54) is 4.90 Å². The maximum atomic E-state index is 11.0. The van der Waals surface area contributed by atoms with Crippen LogP contribution in [0.25, 0.3) is 0 Å². The molecule has 1 N–H and O–H groups in total. The molecule has 5 nitrogen and oxygen atoms in total. The predicted molar refractivity (Wildman–Crippen MR) is 87.5 cm³/mol. The second-order valence-electron chi connectivity index (χ2n) is 4.60. The summed E-state index contributed by atoms with van der Waals surface area (Å²) < 4.78 is 7.14. The average molecular weight is 476 g/mol. The van der Waals surface area contributed by atoms with Crippen molar-refractivity contribution in [1.29, 1.82) is 0 Å². The van der Waals surface area contributed by atoms with Gasteiger partial charge in [-0.3, -0.25) is 0 Å². The van der Waals surface area contributed by atoms with Crippen molar-refractivity contribution in [2.24, 2.45) is 5.92 Å². The van der Waals surface area contributed by atoms with E-state index < -0.39 is 6.09 Å². The molecular weight excluding hydrogens is 462 g/mol. The molecule has 1 atom stereocenters. The Hall–Kier alpha value is -0.280. The number of carbonyl (C=O) groups is 1. The van der Waals surface area contributed by atoms with Crippen LogP contribution in [0.15, 0.2) is 10.5 Å². The highest BCUT2D eigenvalue weighted by Gasteiger charge is 2.24. The molecule has 2 rings (SSSR count). The largest absolute Gasteiger partial charge is 0.490 e. The molecule has 1 saturated heterocycles. The van der Waals surface area contributed by atoms with Gasteiger partial charge in [-0.15, -0.1) is 0 Å². The molecule has 1 aliphatic rings. The molecule has 0 radical (unpaired) electrons. The monoisotopic (exact) mass is 474 g/mol. The van der Waals surface area contributed by atoms with E-state index in [0.29, 0.717) is 38.8 Å². The minimum Gasteiger partial charge on any atom is -0.490 e. The standard InChI is InChI=1S/C12H13BrClIN2O3/c13-8-4-9(11(15)16-10(8)14)20-6-7-2-1-3-17(5-7)12(18)19/h4,7H,1-3,5-6H2,(H,18,19)/t7-/m1/s1. The maximum absolute atomic E-state index is 11.0. The number of nitrogens with zero attached hydrogens (tertiary/aromatic N) is 2. The lowest BCUT2D eigenvalue weighted by atomic mass is 9.99. The van der Waals surface area contributed by atoms with Crippen LogP contribution in [0.1, 0.15) is 12.8 Å². The summed E-state index contributed by atoms with van der Waals surface area (Å²) in [5, 5.41) is 9.40. The number of aromatic nitrogens is 1. The summed E-state index contributed by atoms with van der Waals surface area (Å²) in [5.74, 6) is 0.874. The lowest BCUT2D eigenvalue weighted by molar-refractivity contribution is 0.104. The van der Waals surface area contributed by atoms with Crippen LogP contribution in [0.3, 0.4) is 0 Å². The van der Waals surface area contributed by atoms with E-state index in [4.69, 9.17) is 21.4 Å². The molecule has 1 amide bonds. The second kappa shape index (κ2) is 7.13. The van der Waals surface area contributed by atoms with E-state index in [1.807, 2.05) is 0 Å². The SMILES string of the molecule is O=C(O)N1CCC[C@@H](COc2cc(Br)c(Cl)nc2I)C1. The number of halogens is 3. The number of ether oxygens (including phenoxy) is 1. The summed E-state index contributed by atoms with van der Waals surface area (Å²) in [5.41, 5.74) is 0. The summed E-state index contributed by atoms with van der Waals surface area (Å²) in [4.78, 5) is 16.6. The van der Waals surface area contributed by atoms with Gasteiger partial charge in [-0.2, -0.15) is 0 Å². The van der Waals surface area contributed by atoms with Gasteiger partial charge >= 0.3 is 6.09 Å². The molecule has 110 valence electrons. The molecular formula is C12H13BrClIN2O3.